The number of aldehydes is 1. The molecule has 0 radical (unpaired) electrons. The molecule has 0 saturated heterocycles. The molecular weight excluding hydrogens is 200 g/mol. The Bertz CT molecular complexity index is 692. The van der Waals surface area contributed by atoms with Gasteiger partial charge in [-0.05, 0) is 30.7 Å². The van der Waals surface area contributed by atoms with E-state index in [1.807, 2.05) is 43.3 Å². The van der Waals surface area contributed by atoms with Crippen molar-refractivity contribution in [2.45, 2.75) is 6.92 Å². The molecule has 16 heavy (non-hydrogen) atoms. The third kappa shape index (κ3) is 1.16. The molecule has 3 aromatic rings. The molecule has 0 N–H and O–H groups in total. The Hall–Kier alpha value is -2.09. The Kier molecular flexibility index (Phi) is 1.83. The molecule has 0 amide bonds. The zero-order valence-electron chi connectivity index (χ0n) is 8.86. The van der Waals surface area contributed by atoms with Crippen LogP contribution in [-0.2, 0) is 0 Å². The van der Waals surface area contributed by atoms with Gasteiger partial charge in [-0.3, -0.25) is 4.79 Å². The van der Waals surface area contributed by atoms with E-state index in [2.05, 4.69) is 0 Å². The number of hydrogen-bond acceptors (Lipinski definition) is 2. The minimum Gasteiger partial charge on any atom is -0.456 e. The smallest absolute Gasteiger partial charge is 0.150 e. The van der Waals surface area contributed by atoms with Crippen molar-refractivity contribution in [3.8, 4) is 0 Å². The highest BCUT2D eigenvalue weighted by atomic mass is 16.3. The average Bonchev–Trinajstić information content (AvgIpc) is 2.68. The minimum absolute atomic E-state index is 0.691. The summed E-state index contributed by atoms with van der Waals surface area (Å²) in [5.41, 5.74) is 3.42. The lowest BCUT2D eigenvalue weighted by Gasteiger charge is -1.96. The second-order valence-electron chi connectivity index (χ2n) is 3.93. The summed E-state index contributed by atoms with van der Waals surface area (Å²) < 4.78 is 5.77. The maximum absolute atomic E-state index is 10.8. The number of carbonyl (C=O) groups excluding carboxylic acids is 1. The molecule has 3 rings (SSSR count). The van der Waals surface area contributed by atoms with Crippen molar-refractivity contribution in [1.29, 1.82) is 0 Å². The zero-order valence-corrected chi connectivity index (χ0v) is 8.86. The summed E-state index contributed by atoms with van der Waals surface area (Å²) in [6.45, 7) is 1.96. The Morgan fingerprint density at radius 1 is 1.12 bits per heavy atom. The van der Waals surface area contributed by atoms with Crippen molar-refractivity contribution in [3.63, 3.8) is 0 Å². The van der Waals surface area contributed by atoms with Crippen LogP contribution in [0.15, 0.2) is 40.8 Å². The SMILES string of the molecule is Cc1cc(C=O)cc2c1oc1ccccc12. The van der Waals surface area contributed by atoms with Crippen LogP contribution in [0.4, 0.5) is 0 Å². The number of para-hydroxylation sites is 1. The molecule has 78 valence electrons. The van der Waals surface area contributed by atoms with E-state index in [9.17, 15) is 4.79 Å². The van der Waals surface area contributed by atoms with Crippen molar-refractivity contribution < 1.29 is 9.21 Å². The van der Waals surface area contributed by atoms with Gasteiger partial charge in [0, 0.05) is 16.3 Å². The first-order valence-corrected chi connectivity index (χ1v) is 5.16. The first kappa shape index (κ1) is 9.16. The van der Waals surface area contributed by atoms with Gasteiger partial charge in [0.05, 0.1) is 0 Å². The first-order chi connectivity index (χ1) is 7.79. The number of fused-ring (bicyclic) bond motifs is 3. The van der Waals surface area contributed by atoms with Gasteiger partial charge in [0.1, 0.15) is 17.5 Å². The molecule has 0 aliphatic carbocycles. The van der Waals surface area contributed by atoms with Gasteiger partial charge in [0.25, 0.3) is 0 Å². The predicted molar refractivity (Wildman–Crippen MR) is 63.8 cm³/mol. The quantitative estimate of drug-likeness (QED) is 0.573. The number of furan rings is 1. The van der Waals surface area contributed by atoms with Gasteiger partial charge < -0.3 is 4.42 Å². The first-order valence-electron chi connectivity index (χ1n) is 5.16. The molecule has 2 nitrogen and oxygen atoms in total. The van der Waals surface area contributed by atoms with Crippen LogP contribution in [0.3, 0.4) is 0 Å². The molecule has 2 aromatic carbocycles. The van der Waals surface area contributed by atoms with Gasteiger partial charge in [-0.1, -0.05) is 18.2 Å². The third-order valence-electron chi connectivity index (χ3n) is 2.82. The fourth-order valence-electron chi connectivity index (χ4n) is 2.09. The van der Waals surface area contributed by atoms with Gasteiger partial charge >= 0.3 is 0 Å². The second kappa shape index (κ2) is 3.20. The van der Waals surface area contributed by atoms with E-state index in [0.29, 0.717) is 5.56 Å². The fraction of sp³-hybridized carbons (Fsp3) is 0.0714. The molecule has 0 aliphatic rings. The monoisotopic (exact) mass is 210 g/mol. The minimum atomic E-state index is 0.691. The summed E-state index contributed by atoms with van der Waals surface area (Å²) in [4.78, 5) is 10.8. The molecule has 1 heterocycles. The lowest BCUT2D eigenvalue weighted by atomic mass is 10.1. The molecule has 0 unspecified atom stereocenters. The highest BCUT2D eigenvalue weighted by molar-refractivity contribution is 6.07. The van der Waals surface area contributed by atoms with Gasteiger partial charge in [-0.2, -0.15) is 0 Å². The Morgan fingerprint density at radius 3 is 2.75 bits per heavy atom. The van der Waals surface area contributed by atoms with Crippen LogP contribution < -0.4 is 0 Å². The van der Waals surface area contributed by atoms with Gasteiger partial charge in [-0.25, -0.2) is 0 Å². The van der Waals surface area contributed by atoms with Gasteiger partial charge in [0.2, 0.25) is 0 Å². The molecule has 0 atom stereocenters. The zero-order chi connectivity index (χ0) is 11.1. The highest BCUT2D eigenvalue weighted by Gasteiger charge is 2.09. The van der Waals surface area contributed by atoms with E-state index in [1.54, 1.807) is 0 Å². The van der Waals surface area contributed by atoms with E-state index in [-0.39, 0.29) is 0 Å². The largest absolute Gasteiger partial charge is 0.456 e. The number of benzene rings is 2. The highest BCUT2D eigenvalue weighted by Crippen LogP contribution is 2.31. The summed E-state index contributed by atoms with van der Waals surface area (Å²) in [5.74, 6) is 0. The Balaban J connectivity index is 2.55. The van der Waals surface area contributed by atoms with Crippen LogP contribution in [0.2, 0.25) is 0 Å². The molecule has 0 aliphatic heterocycles. The van der Waals surface area contributed by atoms with Crippen molar-refractivity contribution >= 4 is 28.2 Å². The lowest BCUT2D eigenvalue weighted by Crippen LogP contribution is -1.81. The van der Waals surface area contributed by atoms with Gasteiger partial charge in [0.15, 0.2) is 0 Å². The van der Waals surface area contributed by atoms with Crippen LogP contribution in [0.1, 0.15) is 15.9 Å². The molecular formula is C14H10O2. The van der Waals surface area contributed by atoms with Crippen LogP contribution in [0.25, 0.3) is 21.9 Å². The van der Waals surface area contributed by atoms with E-state index in [0.717, 1.165) is 33.8 Å². The fourth-order valence-corrected chi connectivity index (χ4v) is 2.09. The number of carbonyl (C=O) groups is 1. The summed E-state index contributed by atoms with van der Waals surface area (Å²) >= 11 is 0. The summed E-state index contributed by atoms with van der Waals surface area (Å²) in [5, 5.41) is 2.07. The third-order valence-corrected chi connectivity index (χ3v) is 2.82. The second-order valence-corrected chi connectivity index (χ2v) is 3.93. The summed E-state index contributed by atoms with van der Waals surface area (Å²) in [6, 6.07) is 11.6. The molecule has 0 fully saturated rings. The molecule has 0 bridgehead atoms. The standard InChI is InChI=1S/C14H10O2/c1-9-6-10(8-15)7-12-11-4-2-3-5-13(11)16-14(9)12/h2-8H,1H3. The maximum atomic E-state index is 10.8. The topological polar surface area (TPSA) is 30.2 Å². The van der Waals surface area contributed by atoms with Crippen molar-refractivity contribution in [2.24, 2.45) is 0 Å². The molecule has 2 heteroatoms. The average molecular weight is 210 g/mol. The molecule has 0 spiro atoms. The molecule has 0 saturated carbocycles. The Labute approximate surface area is 92.5 Å². The summed E-state index contributed by atoms with van der Waals surface area (Å²) in [7, 11) is 0. The van der Waals surface area contributed by atoms with Crippen LogP contribution >= 0.6 is 0 Å². The maximum Gasteiger partial charge on any atom is 0.150 e. The van der Waals surface area contributed by atoms with Crippen molar-refractivity contribution in [1.82, 2.24) is 0 Å². The van der Waals surface area contributed by atoms with E-state index in [1.165, 1.54) is 0 Å². The molecule has 1 aromatic heterocycles. The van der Waals surface area contributed by atoms with Crippen LogP contribution in [-0.4, -0.2) is 6.29 Å². The van der Waals surface area contributed by atoms with Crippen molar-refractivity contribution in [2.75, 3.05) is 0 Å². The number of aryl methyl sites for hydroxylation is 1. The Morgan fingerprint density at radius 2 is 1.94 bits per heavy atom. The van der Waals surface area contributed by atoms with Crippen LogP contribution in [0.5, 0.6) is 0 Å². The van der Waals surface area contributed by atoms with Crippen LogP contribution in [0, 0.1) is 6.92 Å². The lowest BCUT2D eigenvalue weighted by molar-refractivity contribution is 0.112. The summed E-state index contributed by atoms with van der Waals surface area (Å²) in [6.07, 6.45) is 0.869. The van der Waals surface area contributed by atoms with Crippen molar-refractivity contribution in [3.05, 3.63) is 47.5 Å². The number of hydrogen-bond donors (Lipinski definition) is 0. The predicted octanol–water partition coefficient (Wildman–Crippen LogP) is 3.71. The van der Waals surface area contributed by atoms with E-state index in [4.69, 9.17) is 4.42 Å². The van der Waals surface area contributed by atoms with E-state index < -0.39 is 0 Å². The number of rotatable bonds is 1. The van der Waals surface area contributed by atoms with Gasteiger partial charge in [-0.15, -0.1) is 0 Å². The normalized spacial score (nSPS) is 11.1. The van der Waals surface area contributed by atoms with E-state index >= 15 is 0 Å².